The van der Waals surface area contributed by atoms with Gasteiger partial charge in [-0.3, -0.25) is 6.04 Å². The van der Waals surface area contributed by atoms with E-state index >= 15 is 0 Å². The maximum atomic E-state index is 2.51. The van der Waals surface area contributed by atoms with Crippen LogP contribution in [-0.4, -0.2) is 17.0 Å². The first-order chi connectivity index (χ1) is 4.52. The Hall–Kier alpha value is -1.04. The molecule has 1 aliphatic rings. The van der Waals surface area contributed by atoms with Gasteiger partial charge in [0.25, 0.3) is 0 Å². The predicted octanol–water partition coefficient (Wildman–Crippen LogP) is 2.43. The standard InChI is InChI=1S/C9H18N.Rf/c1-8-6-5-7-10(8)9(2,3)4;/h5-7H2,1-4H3;/q-1;. The summed E-state index contributed by atoms with van der Waals surface area (Å²) in [4.78, 5) is 2.51. The second-order valence-corrected chi connectivity index (χ2v) is 4.16. The minimum absolute atomic E-state index is 0. The molecule has 1 rings (SSSR count). The Morgan fingerprint density at radius 1 is 1.27 bits per heavy atom. The van der Waals surface area contributed by atoms with Crippen LogP contribution in [0.25, 0.3) is 0 Å². The normalized spacial score (nSPS) is 21.8. The smallest absolute Gasteiger partial charge is 0 e. The van der Waals surface area contributed by atoms with E-state index in [1.165, 1.54) is 19.4 Å². The van der Waals surface area contributed by atoms with E-state index in [9.17, 15) is 0 Å². The monoisotopic (exact) mass is 407 g/mol. The number of hydrogen-bond acceptors (Lipinski definition) is 1. The Bertz CT molecular complexity index is 117. The van der Waals surface area contributed by atoms with Crippen LogP contribution in [0.5, 0.6) is 0 Å². The van der Waals surface area contributed by atoms with Crippen molar-refractivity contribution in [2.45, 2.75) is 46.1 Å². The number of hydrogen-bond donors (Lipinski definition) is 0. The molecule has 1 fully saturated rings. The summed E-state index contributed by atoms with van der Waals surface area (Å²) in [7, 11) is 0. The molecular formula is C9H18NRf-. The average molecular weight is 407 g/mol. The summed E-state index contributed by atoms with van der Waals surface area (Å²) in [5.41, 5.74) is 0.348. The Morgan fingerprint density at radius 2 is 1.82 bits per heavy atom. The van der Waals surface area contributed by atoms with Crippen LogP contribution in [0.15, 0.2) is 0 Å². The molecule has 0 aromatic carbocycles. The van der Waals surface area contributed by atoms with E-state index in [0.717, 1.165) is 0 Å². The summed E-state index contributed by atoms with van der Waals surface area (Å²) in [6.45, 7) is 10.3. The molecule has 0 N–H and O–H groups in total. The van der Waals surface area contributed by atoms with Crippen molar-refractivity contribution in [1.29, 1.82) is 0 Å². The van der Waals surface area contributed by atoms with E-state index in [1.54, 1.807) is 6.04 Å². The molecule has 0 amide bonds. The van der Waals surface area contributed by atoms with Crippen molar-refractivity contribution >= 4 is 0 Å². The summed E-state index contributed by atoms with van der Waals surface area (Å²) in [5.74, 6) is 0. The van der Waals surface area contributed by atoms with Crippen molar-refractivity contribution in [3.05, 3.63) is 6.04 Å². The minimum Gasteiger partial charge on any atom is -0.449 e. The van der Waals surface area contributed by atoms with Gasteiger partial charge >= 0.3 is 0 Å². The molecule has 62 valence electrons. The van der Waals surface area contributed by atoms with Gasteiger partial charge in [0.05, 0.1) is 0 Å². The Labute approximate surface area is 64.4 Å². The minimum atomic E-state index is 0. The number of nitrogens with zero attached hydrogens (tertiary/aromatic N) is 1. The van der Waals surface area contributed by atoms with Crippen LogP contribution >= 0.6 is 0 Å². The van der Waals surface area contributed by atoms with Gasteiger partial charge in [0.15, 0.2) is 0 Å². The van der Waals surface area contributed by atoms with Gasteiger partial charge in [-0.25, -0.2) is 0 Å². The molecule has 0 radical (unpaired) electrons. The van der Waals surface area contributed by atoms with Gasteiger partial charge in [-0.15, -0.1) is 0 Å². The van der Waals surface area contributed by atoms with Crippen molar-refractivity contribution in [2.75, 3.05) is 6.54 Å². The quantitative estimate of drug-likeness (QED) is 0.558. The molecule has 0 unspecified atom stereocenters. The van der Waals surface area contributed by atoms with Crippen LogP contribution in [0.3, 0.4) is 0 Å². The van der Waals surface area contributed by atoms with Crippen molar-refractivity contribution in [2.24, 2.45) is 0 Å². The summed E-state index contributed by atoms with van der Waals surface area (Å²) in [5, 5.41) is 0. The topological polar surface area (TPSA) is 3.24 Å². The summed E-state index contributed by atoms with van der Waals surface area (Å²) in [6, 6.07) is 1.56. The third-order valence-electron chi connectivity index (χ3n) is 2.19. The SMILES string of the molecule is C[C-]1CCCN1C(C)(C)C.[Rf]. The van der Waals surface area contributed by atoms with E-state index in [-0.39, 0.29) is 0 Å². The van der Waals surface area contributed by atoms with Crippen molar-refractivity contribution in [1.82, 2.24) is 4.90 Å². The second kappa shape index (κ2) is 2.91. The molecule has 1 heterocycles. The molecule has 0 atom stereocenters. The molecule has 1 nitrogen and oxygen atoms in total. The van der Waals surface area contributed by atoms with Crippen LogP contribution in [0.2, 0.25) is 0 Å². The van der Waals surface area contributed by atoms with E-state index in [0.29, 0.717) is 5.54 Å². The van der Waals surface area contributed by atoms with Crippen LogP contribution in [0, 0.1) is 6.04 Å². The molecule has 0 bridgehead atoms. The van der Waals surface area contributed by atoms with Gasteiger partial charge in [0, 0.05) is 0 Å². The molecule has 11 heavy (non-hydrogen) atoms. The van der Waals surface area contributed by atoms with Gasteiger partial charge in [-0.1, -0.05) is 6.42 Å². The van der Waals surface area contributed by atoms with Crippen LogP contribution in [0.1, 0.15) is 40.5 Å². The summed E-state index contributed by atoms with van der Waals surface area (Å²) < 4.78 is 0. The Kier molecular flexibility index (Phi) is 2.64. The van der Waals surface area contributed by atoms with Crippen molar-refractivity contribution < 1.29 is 0 Å². The molecule has 1 aliphatic heterocycles. The molecule has 0 saturated carbocycles. The van der Waals surface area contributed by atoms with Gasteiger partial charge in [-0.05, 0) is 32.9 Å². The van der Waals surface area contributed by atoms with Crippen LogP contribution < -0.4 is 0 Å². The summed E-state index contributed by atoms with van der Waals surface area (Å²) >= 11 is 0. The maximum absolute atomic E-state index is 2.51. The zero-order chi connectivity index (χ0) is 7.78. The van der Waals surface area contributed by atoms with E-state index < -0.39 is 0 Å². The van der Waals surface area contributed by atoms with Crippen LogP contribution in [-0.2, 0) is 0 Å². The Balaban J connectivity index is 0.000001000. The maximum Gasteiger partial charge on any atom is 0 e. The van der Waals surface area contributed by atoms with Gasteiger partial charge in [0.1, 0.15) is 0 Å². The first kappa shape index (κ1) is 9.96. The zero-order valence-electron chi connectivity index (χ0n) is 8.28. The van der Waals surface area contributed by atoms with Gasteiger partial charge in [-0.2, -0.15) is 13.3 Å². The Morgan fingerprint density at radius 3 is 2.00 bits per heavy atom. The first-order valence-corrected chi connectivity index (χ1v) is 4.12. The van der Waals surface area contributed by atoms with Crippen LogP contribution in [0.4, 0.5) is 0 Å². The number of rotatable bonds is 0. The third kappa shape index (κ3) is 1.94. The third-order valence-corrected chi connectivity index (χ3v) is 2.19. The van der Waals surface area contributed by atoms with E-state index in [1.807, 2.05) is 0 Å². The largest absolute Gasteiger partial charge is 0.449 e. The second-order valence-electron chi connectivity index (χ2n) is 4.16. The first-order valence-electron chi connectivity index (χ1n) is 4.12. The van der Waals surface area contributed by atoms with Gasteiger partial charge in [0.2, 0.25) is 0 Å². The molecule has 2 heteroatoms. The molecule has 0 aliphatic carbocycles. The average Bonchev–Trinajstić information content (AvgIpc) is 2.11. The molecule has 1 saturated heterocycles. The van der Waals surface area contributed by atoms with Crippen molar-refractivity contribution in [3.8, 4) is 0 Å². The fraction of sp³-hybridized carbons (Fsp3) is 0.889. The fourth-order valence-corrected chi connectivity index (χ4v) is 1.73. The predicted molar refractivity (Wildman–Crippen MR) is 44.6 cm³/mol. The van der Waals surface area contributed by atoms with Gasteiger partial charge < -0.3 is 4.90 Å². The zero-order valence-corrected chi connectivity index (χ0v) is 14.7. The fourth-order valence-electron chi connectivity index (χ4n) is 1.73. The molecule has 0 aromatic heterocycles. The summed E-state index contributed by atoms with van der Waals surface area (Å²) in [6.07, 6.45) is 2.65. The molecule has 0 spiro atoms. The van der Waals surface area contributed by atoms with E-state index in [2.05, 4.69) is 32.6 Å². The van der Waals surface area contributed by atoms with Crippen molar-refractivity contribution in [3.63, 3.8) is 0 Å². The molecule has 0 aromatic rings. The number of likely N-dealkylation sites (tertiary alicyclic amines) is 1. The van der Waals surface area contributed by atoms with E-state index in [4.69, 9.17) is 0 Å². The molecular weight excluding hydrogens is 389 g/mol.